The van der Waals surface area contributed by atoms with Crippen molar-refractivity contribution in [2.45, 2.75) is 20.0 Å². The first kappa shape index (κ1) is 14.2. The molecule has 100 valence electrons. The Kier molecular flexibility index (Phi) is 4.88. The van der Waals surface area contributed by atoms with E-state index < -0.39 is 12.1 Å². The van der Waals surface area contributed by atoms with E-state index in [4.69, 9.17) is 4.74 Å². The lowest BCUT2D eigenvalue weighted by molar-refractivity contribution is -0.216. The molecule has 1 rings (SSSR count). The third-order valence-corrected chi connectivity index (χ3v) is 1.89. The minimum Gasteiger partial charge on any atom is -0.494 e. The van der Waals surface area contributed by atoms with Crippen molar-refractivity contribution in [3.63, 3.8) is 0 Å². The fourth-order valence-electron chi connectivity index (χ4n) is 1.18. The summed E-state index contributed by atoms with van der Waals surface area (Å²) in [4.78, 5) is 10.9. The Morgan fingerprint density at radius 2 is 1.67 bits per heavy atom. The summed E-state index contributed by atoms with van der Waals surface area (Å²) in [6, 6.07) is 5.52. The maximum atomic E-state index is 13.2. The molecule has 0 aliphatic heterocycles. The summed E-state index contributed by atoms with van der Waals surface area (Å²) in [6.45, 7) is 3.57. The molecule has 0 aliphatic carbocycles. The fourth-order valence-corrected chi connectivity index (χ4v) is 1.18. The first-order valence-electron chi connectivity index (χ1n) is 5.46. The number of hydrogen-bond acceptors (Lipinski definition) is 4. The predicted octanol–water partition coefficient (Wildman–Crippen LogP) is 2.62. The maximum absolute atomic E-state index is 13.2. The van der Waals surface area contributed by atoms with Gasteiger partial charge in [-0.3, -0.25) is 0 Å². The Bertz CT molecular complexity index is 390. The summed E-state index contributed by atoms with van der Waals surface area (Å²) >= 11 is 0. The number of carbonyl (C=O) groups is 1. The van der Waals surface area contributed by atoms with Gasteiger partial charge in [0, 0.05) is 0 Å². The normalized spacial score (nSPS) is 10.9. The monoisotopic (exact) mass is 260 g/mol. The molecule has 18 heavy (non-hydrogen) atoms. The molecule has 1 aromatic rings. The smallest absolute Gasteiger partial charge is 0.494 e. The summed E-state index contributed by atoms with van der Waals surface area (Å²) in [6.07, 6.45) is -4.00. The molecule has 0 heterocycles. The van der Waals surface area contributed by atoms with E-state index in [1.807, 2.05) is 0 Å². The molecule has 6 heteroatoms. The molecule has 0 saturated carbocycles. The van der Waals surface area contributed by atoms with Gasteiger partial charge in [0.15, 0.2) is 0 Å². The molecular formula is C12H14F2O4. The van der Waals surface area contributed by atoms with Crippen LogP contribution in [0.25, 0.3) is 0 Å². The van der Waals surface area contributed by atoms with Crippen LogP contribution in [-0.4, -0.2) is 25.3 Å². The number of hydrogen-bond donors (Lipinski definition) is 0. The van der Waals surface area contributed by atoms with Crippen LogP contribution in [0, 0.1) is 0 Å². The van der Waals surface area contributed by atoms with Gasteiger partial charge in [0.05, 0.1) is 13.2 Å². The molecule has 0 fully saturated rings. The molecule has 0 radical (unpaired) electrons. The van der Waals surface area contributed by atoms with Crippen LogP contribution in [0.4, 0.5) is 8.78 Å². The molecular weight excluding hydrogens is 246 g/mol. The van der Waals surface area contributed by atoms with Gasteiger partial charge in [-0.25, -0.2) is 4.79 Å². The molecule has 1 aromatic carbocycles. The first-order chi connectivity index (χ1) is 8.49. The molecule has 4 nitrogen and oxygen atoms in total. The highest BCUT2D eigenvalue weighted by Crippen LogP contribution is 2.25. The van der Waals surface area contributed by atoms with Crippen LogP contribution in [0.5, 0.6) is 11.5 Å². The van der Waals surface area contributed by atoms with Crippen LogP contribution in [0.2, 0.25) is 0 Å². The lowest BCUT2D eigenvalue weighted by Crippen LogP contribution is -2.36. The minimum absolute atomic E-state index is 0.138. The Balaban J connectivity index is 2.68. The molecule has 0 bridgehead atoms. The summed E-state index contributed by atoms with van der Waals surface area (Å²) < 4.78 is 40.1. The highest BCUT2D eigenvalue weighted by molar-refractivity contribution is 5.76. The number of esters is 1. The minimum atomic E-state index is -4.00. The van der Waals surface area contributed by atoms with Gasteiger partial charge in [0.2, 0.25) is 0 Å². The molecule has 0 spiro atoms. The van der Waals surface area contributed by atoms with Crippen LogP contribution in [0.3, 0.4) is 0 Å². The van der Waals surface area contributed by atoms with E-state index >= 15 is 0 Å². The first-order valence-corrected chi connectivity index (χ1v) is 5.46. The Morgan fingerprint density at radius 3 is 2.17 bits per heavy atom. The van der Waals surface area contributed by atoms with Gasteiger partial charge in [-0.2, -0.15) is 8.78 Å². The maximum Gasteiger partial charge on any atom is 0.502 e. The second kappa shape index (κ2) is 6.18. The number of alkyl halides is 2. The molecule has 0 N–H and O–H groups in total. The number of rotatable bonds is 6. The third-order valence-electron chi connectivity index (χ3n) is 1.89. The summed E-state index contributed by atoms with van der Waals surface area (Å²) in [7, 11) is 0. The van der Waals surface area contributed by atoms with E-state index in [1.54, 1.807) is 6.92 Å². The van der Waals surface area contributed by atoms with Gasteiger partial charge < -0.3 is 14.2 Å². The number of ether oxygens (including phenoxy) is 3. The van der Waals surface area contributed by atoms with E-state index in [0.717, 1.165) is 0 Å². The van der Waals surface area contributed by atoms with Gasteiger partial charge in [-0.05, 0) is 38.1 Å². The van der Waals surface area contributed by atoms with Crippen molar-refractivity contribution in [3.8, 4) is 11.5 Å². The van der Waals surface area contributed by atoms with E-state index in [2.05, 4.69) is 9.47 Å². The van der Waals surface area contributed by atoms with Gasteiger partial charge >= 0.3 is 12.1 Å². The molecule has 0 unspecified atom stereocenters. The van der Waals surface area contributed by atoms with Crippen molar-refractivity contribution in [3.05, 3.63) is 24.3 Å². The zero-order valence-electron chi connectivity index (χ0n) is 10.1. The van der Waals surface area contributed by atoms with E-state index in [9.17, 15) is 13.6 Å². The van der Waals surface area contributed by atoms with Crippen LogP contribution in [0.1, 0.15) is 13.8 Å². The second-order valence-corrected chi connectivity index (χ2v) is 3.24. The largest absolute Gasteiger partial charge is 0.502 e. The van der Waals surface area contributed by atoms with Crippen LogP contribution >= 0.6 is 0 Å². The van der Waals surface area contributed by atoms with Gasteiger partial charge in [0.1, 0.15) is 11.5 Å². The number of carbonyl (C=O) groups excluding carboxylic acids is 1. The molecule has 0 aromatic heterocycles. The van der Waals surface area contributed by atoms with E-state index in [1.165, 1.54) is 31.2 Å². The van der Waals surface area contributed by atoms with E-state index in [0.29, 0.717) is 12.4 Å². The highest BCUT2D eigenvalue weighted by atomic mass is 19.3. The Hall–Kier alpha value is -1.85. The zero-order chi connectivity index (χ0) is 13.6. The average molecular weight is 260 g/mol. The van der Waals surface area contributed by atoms with Crippen molar-refractivity contribution in [2.24, 2.45) is 0 Å². The highest BCUT2D eigenvalue weighted by Gasteiger charge is 2.44. The lowest BCUT2D eigenvalue weighted by atomic mass is 10.3. The van der Waals surface area contributed by atoms with Crippen molar-refractivity contribution in [1.82, 2.24) is 0 Å². The van der Waals surface area contributed by atoms with Crippen molar-refractivity contribution >= 4 is 5.97 Å². The van der Waals surface area contributed by atoms with Crippen molar-refractivity contribution < 1.29 is 27.8 Å². The van der Waals surface area contributed by atoms with Crippen LogP contribution in [-0.2, 0) is 9.53 Å². The summed E-state index contributed by atoms with van der Waals surface area (Å²) in [5.74, 6) is -1.32. The standard InChI is InChI=1S/C12H14F2O4/c1-3-16-9-5-7-10(8-6-9)18-12(13,14)11(15)17-4-2/h5-8H,3-4H2,1-2H3. The molecule has 0 saturated heterocycles. The molecule has 0 atom stereocenters. The number of halogens is 2. The second-order valence-electron chi connectivity index (χ2n) is 3.24. The quantitative estimate of drug-likeness (QED) is 0.737. The van der Waals surface area contributed by atoms with Crippen LogP contribution < -0.4 is 9.47 Å². The predicted molar refractivity (Wildman–Crippen MR) is 59.8 cm³/mol. The summed E-state index contributed by atoms with van der Waals surface area (Å²) in [5.41, 5.74) is 0. The fraction of sp³-hybridized carbons (Fsp3) is 0.417. The zero-order valence-corrected chi connectivity index (χ0v) is 10.1. The SMILES string of the molecule is CCOC(=O)C(F)(F)Oc1ccc(OCC)cc1. The van der Waals surface area contributed by atoms with Gasteiger partial charge in [0.25, 0.3) is 0 Å². The molecule has 0 aliphatic rings. The lowest BCUT2D eigenvalue weighted by Gasteiger charge is -2.16. The van der Waals surface area contributed by atoms with Crippen LogP contribution in [0.15, 0.2) is 24.3 Å². The van der Waals surface area contributed by atoms with Gasteiger partial charge in [-0.15, -0.1) is 0 Å². The Labute approximate surface area is 103 Å². The molecule has 0 amide bonds. The summed E-state index contributed by atoms with van der Waals surface area (Å²) in [5, 5.41) is 0. The Morgan fingerprint density at radius 1 is 1.11 bits per heavy atom. The third kappa shape index (κ3) is 3.87. The topological polar surface area (TPSA) is 44.8 Å². The van der Waals surface area contributed by atoms with E-state index in [-0.39, 0.29) is 12.4 Å². The van der Waals surface area contributed by atoms with Gasteiger partial charge in [-0.1, -0.05) is 0 Å². The number of benzene rings is 1. The average Bonchev–Trinajstić information content (AvgIpc) is 2.32. The van der Waals surface area contributed by atoms with Crippen molar-refractivity contribution in [1.29, 1.82) is 0 Å². The van der Waals surface area contributed by atoms with Crippen molar-refractivity contribution in [2.75, 3.05) is 13.2 Å².